The van der Waals surface area contributed by atoms with E-state index < -0.39 is 0 Å². The molecule has 1 unspecified atom stereocenters. The molecule has 0 saturated carbocycles. The summed E-state index contributed by atoms with van der Waals surface area (Å²) in [7, 11) is 0. The molecule has 1 aliphatic rings. The van der Waals surface area contributed by atoms with E-state index in [1.807, 2.05) is 12.1 Å². The van der Waals surface area contributed by atoms with Crippen LogP contribution in [-0.2, 0) is 6.54 Å². The number of nitrogens with two attached hydrogens (primary N) is 1. The lowest BCUT2D eigenvalue weighted by molar-refractivity contribution is 0.260. The summed E-state index contributed by atoms with van der Waals surface area (Å²) >= 11 is 6.22. The number of nitrogens with zero attached hydrogens (tertiary/aromatic N) is 1. The zero-order valence-corrected chi connectivity index (χ0v) is 10.8. The smallest absolute Gasteiger partial charge is 0.122 e. The predicted molar refractivity (Wildman–Crippen MR) is 71.6 cm³/mol. The predicted octanol–water partition coefficient (Wildman–Crippen LogP) is 2.61. The molecule has 1 fully saturated rings. The first-order chi connectivity index (χ1) is 8.08. The van der Waals surface area contributed by atoms with E-state index in [1.165, 1.54) is 12.8 Å². The van der Waals surface area contributed by atoms with Crippen molar-refractivity contribution in [2.75, 3.05) is 6.54 Å². The van der Waals surface area contributed by atoms with E-state index in [-0.39, 0.29) is 5.84 Å². The first-order valence-electron chi connectivity index (χ1n) is 5.95. The van der Waals surface area contributed by atoms with Crippen LogP contribution in [0.15, 0.2) is 18.2 Å². The second-order valence-corrected chi connectivity index (χ2v) is 5.09. The fourth-order valence-electron chi connectivity index (χ4n) is 2.29. The van der Waals surface area contributed by atoms with Gasteiger partial charge in [0.25, 0.3) is 0 Å². The minimum absolute atomic E-state index is 0.0630. The quantitative estimate of drug-likeness (QED) is 0.641. The summed E-state index contributed by atoms with van der Waals surface area (Å²) in [5.41, 5.74) is 7.24. The second-order valence-electron chi connectivity index (χ2n) is 4.68. The Morgan fingerprint density at radius 2 is 2.35 bits per heavy atom. The highest BCUT2D eigenvalue weighted by molar-refractivity contribution is 6.31. The molecule has 2 rings (SSSR count). The van der Waals surface area contributed by atoms with Gasteiger partial charge in [-0.15, -0.1) is 0 Å². The van der Waals surface area contributed by atoms with Crippen LogP contribution in [0.4, 0.5) is 0 Å². The van der Waals surface area contributed by atoms with E-state index >= 15 is 0 Å². The zero-order valence-electron chi connectivity index (χ0n) is 10.0. The average molecular weight is 252 g/mol. The van der Waals surface area contributed by atoms with Crippen molar-refractivity contribution in [3.05, 3.63) is 34.3 Å². The molecule has 1 aromatic carbocycles. The van der Waals surface area contributed by atoms with Gasteiger partial charge in [-0.25, -0.2) is 0 Å². The highest BCUT2D eigenvalue weighted by Gasteiger charge is 2.20. The van der Waals surface area contributed by atoms with Crippen LogP contribution in [-0.4, -0.2) is 23.3 Å². The van der Waals surface area contributed by atoms with Crippen LogP contribution in [0, 0.1) is 5.41 Å². The number of halogens is 1. The third kappa shape index (κ3) is 2.79. The Morgan fingerprint density at radius 3 is 2.88 bits per heavy atom. The van der Waals surface area contributed by atoms with Crippen LogP contribution in [0.25, 0.3) is 0 Å². The summed E-state index contributed by atoms with van der Waals surface area (Å²) < 4.78 is 0. The molecule has 0 amide bonds. The van der Waals surface area contributed by atoms with Crippen molar-refractivity contribution in [1.29, 1.82) is 5.41 Å². The molecule has 1 saturated heterocycles. The van der Waals surface area contributed by atoms with Gasteiger partial charge in [-0.1, -0.05) is 23.7 Å². The Kier molecular flexibility index (Phi) is 3.69. The van der Waals surface area contributed by atoms with Gasteiger partial charge in [0.1, 0.15) is 5.84 Å². The van der Waals surface area contributed by atoms with Gasteiger partial charge in [0.15, 0.2) is 0 Å². The molecule has 1 aliphatic heterocycles. The third-order valence-corrected chi connectivity index (χ3v) is 3.78. The van der Waals surface area contributed by atoms with Crippen LogP contribution in [0.3, 0.4) is 0 Å². The van der Waals surface area contributed by atoms with Gasteiger partial charge in [-0.05, 0) is 37.9 Å². The molecule has 0 aromatic heterocycles. The van der Waals surface area contributed by atoms with Crippen LogP contribution in [0.2, 0.25) is 5.02 Å². The van der Waals surface area contributed by atoms with E-state index in [4.69, 9.17) is 22.7 Å². The number of nitrogen functional groups attached to an aromatic ring is 1. The largest absolute Gasteiger partial charge is 0.384 e. The highest BCUT2D eigenvalue weighted by Crippen LogP contribution is 2.24. The molecule has 17 heavy (non-hydrogen) atoms. The molecule has 0 aliphatic carbocycles. The van der Waals surface area contributed by atoms with Gasteiger partial charge in [0, 0.05) is 23.2 Å². The molecular weight excluding hydrogens is 234 g/mol. The van der Waals surface area contributed by atoms with E-state index in [2.05, 4.69) is 11.8 Å². The number of benzene rings is 1. The monoisotopic (exact) mass is 251 g/mol. The van der Waals surface area contributed by atoms with E-state index in [9.17, 15) is 0 Å². The van der Waals surface area contributed by atoms with Crippen molar-refractivity contribution in [2.45, 2.75) is 32.4 Å². The lowest BCUT2D eigenvalue weighted by atomic mass is 10.1. The molecule has 3 nitrogen and oxygen atoms in total. The Labute approximate surface area is 107 Å². The number of rotatable bonds is 3. The molecule has 4 heteroatoms. The SMILES string of the molecule is CC1CCCN1Cc1ccc(C(=N)N)cc1Cl. The molecule has 0 spiro atoms. The first-order valence-corrected chi connectivity index (χ1v) is 6.32. The van der Waals surface area contributed by atoms with E-state index in [1.54, 1.807) is 6.07 Å². The van der Waals surface area contributed by atoms with Crippen LogP contribution in [0.5, 0.6) is 0 Å². The summed E-state index contributed by atoms with van der Waals surface area (Å²) in [6.45, 7) is 4.29. The van der Waals surface area contributed by atoms with Crippen molar-refractivity contribution >= 4 is 17.4 Å². The van der Waals surface area contributed by atoms with Crippen LogP contribution >= 0.6 is 11.6 Å². The molecule has 1 aromatic rings. The van der Waals surface area contributed by atoms with Gasteiger partial charge < -0.3 is 5.73 Å². The highest BCUT2D eigenvalue weighted by atomic mass is 35.5. The lowest BCUT2D eigenvalue weighted by Crippen LogP contribution is -2.26. The molecule has 1 atom stereocenters. The first kappa shape index (κ1) is 12.4. The fourth-order valence-corrected chi connectivity index (χ4v) is 2.53. The van der Waals surface area contributed by atoms with Crippen molar-refractivity contribution in [3.63, 3.8) is 0 Å². The van der Waals surface area contributed by atoms with Crippen LogP contribution in [0.1, 0.15) is 30.9 Å². The maximum atomic E-state index is 7.37. The summed E-state index contributed by atoms with van der Waals surface area (Å²) in [4.78, 5) is 2.44. The number of nitrogens with one attached hydrogen (secondary N) is 1. The van der Waals surface area contributed by atoms with Gasteiger partial charge in [-0.3, -0.25) is 10.3 Å². The normalized spacial score (nSPS) is 20.7. The van der Waals surface area contributed by atoms with Crippen LogP contribution < -0.4 is 5.73 Å². The lowest BCUT2D eigenvalue weighted by Gasteiger charge is -2.21. The minimum atomic E-state index is 0.0630. The minimum Gasteiger partial charge on any atom is -0.384 e. The fraction of sp³-hybridized carbons (Fsp3) is 0.462. The van der Waals surface area contributed by atoms with Gasteiger partial charge in [0.05, 0.1) is 0 Å². The number of hydrogen-bond acceptors (Lipinski definition) is 2. The summed E-state index contributed by atoms with van der Waals surface area (Å²) in [5.74, 6) is 0.0630. The second kappa shape index (κ2) is 5.07. The molecule has 1 heterocycles. The van der Waals surface area contributed by atoms with Crippen molar-refractivity contribution in [1.82, 2.24) is 4.90 Å². The summed E-state index contributed by atoms with van der Waals surface area (Å²) in [6, 6.07) is 6.26. The number of amidine groups is 1. The standard InChI is InChI=1S/C13H18ClN3/c1-9-3-2-6-17(9)8-11-5-4-10(13(15)16)7-12(11)14/h4-5,7,9H,2-3,6,8H2,1H3,(H3,15,16). The molecule has 92 valence electrons. The zero-order chi connectivity index (χ0) is 12.4. The molecule has 3 N–H and O–H groups in total. The average Bonchev–Trinajstić information content (AvgIpc) is 2.67. The maximum Gasteiger partial charge on any atom is 0.122 e. The Hall–Kier alpha value is -1.06. The molecular formula is C13H18ClN3. The number of hydrogen-bond donors (Lipinski definition) is 2. The van der Waals surface area contributed by atoms with Crippen molar-refractivity contribution in [3.8, 4) is 0 Å². The number of likely N-dealkylation sites (tertiary alicyclic amines) is 1. The van der Waals surface area contributed by atoms with E-state index in [0.717, 1.165) is 18.7 Å². The molecule has 0 bridgehead atoms. The summed E-state index contributed by atoms with van der Waals surface area (Å²) in [6.07, 6.45) is 2.54. The van der Waals surface area contributed by atoms with Gasteiger partial charge >= 0.3 is 0 Å². The summed E-state index contributed by atoms with van der Waals surface area (Å²) in [5, 5.41) is 8.07. The Morgan fingerprint density at radius 1 is 1.59 bits per heavy atom. The third-order valence-electron chi connectivity index (χ3n) is 3.43. The topological polar surface area (TPSA) is 53.1 Å². The van der Waals surface area contributed by atoms with Gasteiger partial charge in [-0.2, -0.15) is 0 Å². The molecule has 0 radical (unpaired) electrons. The maximum absolute atomic E-state index is 7.37. The van der Waals surface area contributed by atoms with Crippen molar-refractivity contribution < 1.29 is 0 Å². The van der Waals surface area contributed by atoms with Gasteiger partial charge in [0.2, 0.25) is 0 Å². The Balaban J connectivity index is 2.14. The van der Waals surface area contributed by atoms with E-state index in [0.29, 0.717) is 16.6 Å². The Bertz CT molecular complexity index is 431. The van der Waals surface area contributed by atoms with Crippen molar-refractivity contribution in [2.24, 2.45) is 5.73 Å².